The van der Waals surface area contributed by atoms with Crippen molar-refractivity contribution in [2.75, 3.05) is 0 Å². The summed E-state index contributed by atoms with van der Waals surface area (Å²) in [5, 5.41) is 0. The first-order valence-corrected chi connectivity index (χ1v) is 8.18. The van der Waals surface area contributed by atoms with Crippen molar-refractivity contribution in [2.24, 2.45) is 5.92 Å². The molecule has 0 aliphatic carbocycles. The van der Waals surface area contributed by atoms with Crippen LogP contribution >= 0.6 is 27.5 Å². The Bertz CT molecular complexity index is 609. The highest BCUT2D eigenvalue weighted by molar-refractivity contribution is 9.10. The molecule has 0 spiro atoms. The number of hydrogen-bond donors (Lipinski definition) is 0. The number of imidazole rings is 1. The standard InChI is InChI=1S/C15H19BrClFN2/c1-9(2)4-5-10(3)20-14-7-12(18)11(16)6-13(14)19-15(20)8-17/h6-7,9-10H,4-5,8H2,1-3H3. The van der Waals surface area contributed by atoms with Gasteiger partial charge in [-0.1, -0.05) is 13.8 Å². The number of aromatic nitrogens is 2. The van der Waals surface area contributed by atoms with E-state index in [-0.39, 0.29) is 11.9 Å². The molecule has 2 nitrogen and oxygen atoms in total. The number of alkyl halides is 1. The first-order valence-electron chi connectivity index (χ1n) is 6.85. The summed E-state index contributed by atoms with van der Waals surface area (Å²) >= 11 is 9.20. The maximum Gasteiger partial charge on any atom is 0.139 e. The average Bonchev–Trinajstić information content (AvgIpc) is 2.74. The summed E-state index contributed by atoms with van der Waals surface area (Å²) in [5.74, 6) is 1.52. The number of fused-ring (bicyclic) bond motifs is 1. The molecule has 0 bridgehead atoms. The Morgan fingerprint density at radius 1 is 1.30 bits per heavy atom. The van der Waals surface area contributed by atoms with Gasteiger partial charge in [-0.05, 0) is 47.7 Å². The van der Waals surface area contributed by atoms with Gasteiger partial charge < -0.3 is 4.57 Å². The summed E-state index contributed by atoms with van der Waals surface area (Å²) in [6.45, 7) is 6.55. The first-order chi connectivity index (χ1) is 9.43. The fourth-order valence-corrected chi connectivity index (χ4v) is 2.95. The molecule has 2 rings (SSSR count). The maximum atomic E-state index is 13.8. The minimum absolute atomic E-state index is 0.261. The molecule has 1 aromatic heterocycles. The van der Waals surface area contributed by atoms with Crippen LogP contribution in [0.5, 0.6) is 0 Å². The topological polar surface area (TPSA) is 17.8 Å². The second-order valence-corrected chi connectivity index (χ2v) is 6.73. The van der Waals surface area contributed by atoms with Crippen LogP contribution in [-0.2, 0) is 5.88 Å². The summed E-state index contributed by atoms with van der Waals surface area (Å²) in [4.78, 5) is 4.52. The second kappa shape index (κ2) is 6.44. The van der Waals surface area contributed by atoms with Crippen molar-refractivity contribution < 1.29 is 4.39 Å². The van der Waals surface area contributed by atoms with Gasteiger partial charge in [0, 0.05) is 12.1 Å². The molecule has 1 atom stereocenters. The van der Waals surface area contributed by atoms with Crippen molar-refractivity contribution >= 4 is 38.6 Å². The third-order valence-corrected chi connectivity index (χ3v) is 4.37. The van der Waals surface area contributed by atoms with E-state index >= 15 is 0 Å². The number of hydrogen-bond acceptors (Lipinski definition) is 1. The third kappa shape index (κ3) is 3.17. The molecule has 110 valence electrons. The zero-order chi connectivity index (χ0) is 14.9. The van der Waals surface area contributed by atoms with Gasteiger partial charge >= 0.3 is 0 Å². The Hall–Kier alpha value is -0.610. The van der Waals surface area contributed by atoms with Crippen LogP contribution in [0.1, 0.15) is 45.5 Å². The van der Waals surface area contributed by atoms with Crippen LogP contribution in [0, 0.1) is 11.7 Å². The van der Waals surface area contributed by atoms with Gasteiger partial charge in [-0.3, -0.25) is 0 Å². The predicted molar refractivity (Wildman–Crippen MR) is 85.7 cm³/mol. The molecule has 5 heteroatoms. The van der Waals surface area contributed by atoms with E-state index in [9.17, 15) is 4.39 Å². The summed E-state index contributed by atoms with van der Waals surface area (Å²) in [5.41, 5.74) is 1.60. The number of rotatable bonds is 5. The van der Waals surface area contributed by atoms with Crippen molar-refractivity contribution in [1.29, 1.82) is 0 Å². The van der Waals surface area contributed by atoms with Gasteiger partial charge in [-0.2, -0.15) is 0 Å². The highest BCUT2D eigenvalue weighted by Gasteiger charge is 2.17. The van der Waals surface area contributed by atoms with E-state index in [1.54, 1.807) is 6.07 Å². The van der Waals surface area contributed by atoms with Crippen LogP contribution in [0.4, 0.5) is 4.39 Å². The first kappa shape index (κ1) is 15.8. The van der Waals surface area contributed by atoms with Crippen LogP contribution in [-0.4, -0.2) is 9.55 Å². The third-order valence-electron chi connectivity index (χ3n) is 3.53. The van der Waals surface area contributed by atoms with Gasteiger partial charge in [0.15, 0.2) is 0 Å². The molecular formula is C15H19BrClFN2. The van der Waals surface area contributed by atoms with Crippen LogP contribution in [0.3, 0.4) is 0 Å². The Kier molecular flexibility index (Phi) is 5.08. The normalized spacial score (nSPS) is 13.3. The van der Waals surface area contributed by atoms with E-state index in [2.05, 4.69) is 46.3 Å². The molecular weight excluding hydrogens is 343 g/mol. The Morgan fingerprint density at radius 2 is 2.00 bits per heavy atom. The van der Waals surface area contributed by atoms with Crippen LogP contribution in [0.2, 0.25) is 0 Å². The lowest BCUT2D eigenvalue weighted by Gasteiger charge is -2.18. The van der Waals surface area contributed by atoms with Crippen molar-refractivity contribution in [3.05, 3.63) is 28.2 Å². The second-order valence-electron chi connectivity index (χ2n) is 5.61. The quantitative estimate of drug-likeness (QED) is 0.627. The van der Waals surface area contributed by atoms with Crippen LogP contribution < -0.4 is 0 Å². The highest BCUT2D eigenvalue weighted by Crippen LogP contribution is 2.29. The molecule has 20 heavy (non-hydrogen) atoms. The minimum atomic E-state index is -0.268. The van der Waals surface area contributed by atoms with Gasteiger partial charge in [0.25, 0.3) is 0 Å². The summed E-state index contributed by atoms with van der Waals surface area (Å²) in [6, 6.07) is 3.51. The Morgan fingerprint density at radius 3 is 2.60 bits per heavy atom. The Labute approximate surface area is 132 Å². The number of halogens is 3. The lowest BCUT2D eigenvalue weighted by Crippen LogP contribution is -2.09. The SMILES string of the molecule is CC(C)CCC(C)n1c(CCl)nc2cc(Br)c(F)cc21. The van der Waals surface area contributed by atoms with Crippen LogP contribution in [0.15, 0.2) is 16.6 Å². The molecule has 2 aromatic rings. The average molecular weight is 362 g/mol. The van der Waals surface area contributed by atoms with Crippen LogP contribution in [0.25, 0.3) is 11.0 Å². The molecule has 1 heterocycles. The lowest BCUT2D eigenvalue weighted by atomic mass is 10.0. The smallest absolute Gasteiger partial charge is 0.139 e. The molecule has 0 saturated heterocycles. The Balaban J connectivity index is 2.46. The number of benzene rings is 1. The molecule has 0 fully saturated rings. The molecule has 0 radical (unpaired) electrons. The zero-order valence-corrected chi connectivity index (χ0v) is 14.3. The molecule has 0 N–H and O–H groups in total. The monoisotopic (exact) mass is 360 g/mol. The summed E-state index contributed by atoms with van der Waals surface area (Å²) in [7, 11) is 0. The molecule has 0 amide bonds. The predicted octanol–water partition coefficient (Wildman–Crippen LogP) is 5.67. The van der Waals surface area contributed by atoms with Crippen molar-refractivity contribution in [3.63, 3.8) is 0 Å². The number of nitrogens with zero attached hydrogens (tertiary/aromatic N) is 2. The fraction of sp³-hybridized carbons (Fsp3) is 0.533. The van der Waals surface area contributed by atoms with Gasteiger partial charge in [0.2, 0.25) is 0 Å². The largest absolute Gasteiger partial charge is 0.324 e. The summed E-state index contributed by atoms with van der Waals surface area (Å²) in [6.07, 6.45) is 2.16. The van der Waals surface area contributed by atoms with Gasteiger partial charge in [-0.15, -0.1) is 11.6 Å². The zero-order valence-electron chi connectivity index (χ0n) is 12.0. The van der Waals surface area contributed by atoms with Crippen molar-refractivity contribution in [1.82, 2.24) is 9.55 Å². The van der Waals surface area contributed by atoms with E-state index in [0.717, 1.165) is 29.7 Å². The summed E-state index contributed by atoms with van der Waals surface area (Å²) < 4.78 is 16.3. The van der Waals surface area contributed by atoms with E-state index in [1.165, 1.54) is 6.07 Å². The molecule has 0 saturated carbocycles. The molecule has 1 unspecified atom stereocenters. The maximum absolute atomic E-state index is 13.8. The minimum Gasteiger partial charge on any atom is -0.324 e. The molecule has 1 aromatic carbocycles. The van der Waals surface area contributed by atoms with Gasteiger partial charge in [0.1, 0.15) is 11.6 Å². The highest BCUT2D eigenvalue weighted by atomic mass is 79.9. The van der Waals surface area contributed by atoms with E-state index in [4.69, 9.17) is 11.6 Å². The molecule has 0 aliphatic heterocycles. The molecule has 0 aliphatic rings. The van der Waals surface area contributed by atoms with Gasteiger partial charge in [-0.25, -0.2) is 9.37 Å². The van der Waals surface area contributed by atoms with E-state index in [1.807, 2.05) is 0 Å². The van der Waals surface area contributed by atoms with E-state index in [0.29, 0.717) is 16.3 Å². The van der Waals surface area contributed by atoms with Crippen molar-refractivity contribution in [2.45, 2.75) is 45.5 Å². The fourth-order valence-electron chi connectivity index (χ4n) is 2.43. The van der Waals surface area contributed by atoms with E-state index < -0.39 is 0 Å². The van der Waals surface area contributed by atoms with Crippen molar-refractivity contribution in [3.8, 4) is 0 Å². The van der Waals surface area contributed by atoms with Gasteiger partial charge in [0.05, 0.1) is 21.4 Å². The lowest BCUT2D eigenvalue weighted by molar-refractivity contribution is 0.439.